The van der Waals surface area contributed by atoms with Gasteiger partial charge in [0.15, 0.2) is 5.75 Å². The molecule has 2 aromatic carbocycles. The average Bonchev–Trinajstić information content (AvgIpc) is 3.69. The molecule has 3 aliphatic rings. The fourth-order valence-corrected chi connectivity index (χ4v) is 7.03. The number of hydrogen-bond acceptors (Lipinski definition) is 9. The van der Waals surface area contributed by atoms with Gasteiger partial charge in [0.1, 0.15) is 27.9 Å². The molecule has 45 heavy (non-hydrogen) atoms. The number of ether oxygens (including phenoxy) is 3. The standard InChI is InChI=1S/C32H28ClN5O7/c1-15-13-18-22(27(39)32(15)28(40)23-19(43-4)14-20(44-5)25(33)26(23)45-32)21(16-7-9-17(10-8-16)38-12-6-11-34-38)24-29(35-18)36(2)31(42)37(3)30(24)41/h6-12,14-15,21,35H,13H2,1-5H3/t15-,21-,32+/m1/s1. The highest BCUT2D eigenvalue weighted by Crippen LogP contribution is 2.56. The second-order valence-corrected chi connectivity index (χ2v) is 11.7. The van der Waals surface area contributed by atoms with Gasteiger partial charge in [0.25, 0.3) is 5.56 Å². The minimum absolute atomic E-state index is 0.00437. The lowest BCUT2D eigenvalue weighted by molar-refractivity contribution is -0.130. The molecule has 4 heterocycles. The van der Waals surface area contributed by atoms with Gasteiger partial charge in [-0.1, -0.05) is 30.7 Å². The first-order chi connectivity index (χ1) is 21.5. The van der Waals surface area contributed by atoms with E-state index in [1.807, 2.05) is 12.1 Å². The molecule has 3 atom stereocenters. The highest BCUT2D eigenvalue weighted by Gasteiger charge is 2.63. The molecule has 0 radical (unpaired) electrons. The first kappa shape index (κ1) is 28.7. The van der Waals surface area contributed by atoms with E-state index in [1.54, 1.807) is 49.2 Å². The van der Waals surface area contributed by atoms with Crippen LogP contribution in [0.2, 0.25) is 5.02 Å². The molecule has 0 fully saturated rings. The van der Waals surface area contributed by atoms with Gasteiger partial charge in [-0.3, -0.25) is 23.5 Å². The predicted molar refractivity (Wildman–Crippen MR) is 164 cm³/mol. The Morgan fingerprint density at radius 3 is 2.38 bits per heavy atom. The first-order valence-corrected chi connectivity index (χ1v) is 14.6. The number of halogens is 1. The molecule has 7 rings (SSSR count). The van der Waals surface area contributed by atoms with Crippen molar-refractivity contribution < 1.29 is 23.8 Å². The Labute approximate surface area is 261 Å². The molecular weight excluding hydrogens is 602 g/mol. The van der Waals surface area contributed by atoms with Gasteiger partial charge in [0.2, 0.25) is 17.2 Å². The van der Waals surface area contributed by atoms with E-state index < -0.39 is 40.3 Å². The van der Waals surface area contributed by atoms with Gasteiger partial charge in [-0.25, -0.2) is 9.48 Å². The summed E-state index contributed by atoms with van der Waals surface area (Å²) >= 11 is 6.63. The Balaban J connectivity index is 1.45. The number of Topliss-reactive ketones (excluding diaryl/α,β-unsaturated/α-hetero) is 2. The summed E-state index contributed by atoms with van der Waals surface area (Å²) in [5.41, 5.74) is -0.748. The van der Waals surface area contributed by atoms with E-state index in [0.717, 1.165) is 10.3 Å². The van der Waals surface area contributed by atoms with Crippen molar-refractivity contribution in [3.63, 3.8) is 0 Å². The summed E-state index contributed by atoms with van der Waals surface area (Å²) in [6.07, 6.45) is 3.65. The van der Waals surface area contributed by atoms with Crippen LogP contribution in [0.1, 0.15) is 40.7 Å². The number of carbonyl (C=O) groups excluding carboxylic acids is 2. The molecule has 1 spiro atoms. The van der Waals surface area contributed by atoms with E-state index >= 15 is 0 Å². The molecule has 4 aromatic rings. The predicted octanol–water partition coefficient (Wildman–Crippen LogP) is 3.37. The monoisotopic (exact) mass is 629 g/mol. The lowest BCUT2D eigenvalue weighted by Gasteiger charge is -2.42. The molecule has 0 unspecified atom stereocenters. The Morgan fingerprint density at radius 2 is 1.73 bits per heavy atom. The molecule has 1 aliphatic carbocycles. The Morgan fingerprint density at radius 1 is 1.02 bits per heavy atom. The van der Waals surface area contributed by atoms with Gasteiger partial charge in [-0.15, -0.1) is 0 Å². The van der Waals surface area contributed by atoms with Crippen molar-refractivity contribution in [2.75, 3.05) is 19.5 Å². The van der Waals surface area contributed by atoms with E-state index in [9.17, 15) is 19.2 Å². The van der Waals surface area contributed by atoms with Crippen molar-refractivity contribution in [1.29, 1.82) is 0 Å². The number of nitrogens with zero attached hydrogens (tertiary/aromatic N) is 4. The molecule has 2 aromatic heterocycles. The molecule has 230 valence electrons. The minimum atomic E-state index is -1.98. The van der Waals surface area contributed by atoms with Crippen LogP contribution in [0.15, 0.2) is 69.7 Å². The number of hydrogen-bond donors (Lipinski definition) is 1. The van der Waals surface area contributed by atoms with Gasteiger partial charge >= 0.3 is 5.69 Å². The maximum atomic E-state index is 15.0. The summed E-state index contributed by atoms with van der Waals surface area (Å²) in [5, 5.41) is 7.54. The van der Waals surface area contributed by atoms with Crippen LogP contribution in [0.3, 0.4) is 0 Å². The number of methoxy groups -OCH3 is 2. The zero-order chi connectivity index (χ0) is 31.9. The lowest BCUT2D eigenvalue weighted by atomic mass is 9.66. The summed E-state index contributed by atoms with van der Waals surface area (Å²) in [6.45, 7) is 1.75. The second-order valence-electron chi connectivity index (χ2n) is 11.4. The number of allylic oxidation sites excluding steroid dienone is 1. The van der Waals surface area contributed by atoms with Crippen LogP contribution in [0.5, 0.6) is 17.2 Å². The van der Waals surface area contributed by atoms with Gasteiger partial charge in [-0.2, -0.15) is 5.10 Å². The van der Waals surface area contributed by atoms with Crippen LogP contribution in [0.25, 0.3) is 5.69 Å². The highest BCUT2D eigenvalue weighted by atomic mass is 35.5. The van der Waals surface area contributed by atoms with Crippen LogP contribution >= 0.6 is 11.6 Å². The number of nitrogens with one attached hydrogen (secondary N) is 1. The van der Waals surface area contributed by atoms with Crippen molar-refractivity contribution in [2.45, 2.75) is 24.9 Å². The molecule has 0 saturated heterocycles. The van der Waals surface area contributed by atoms with E-state index in [2.05, 4.69) is 10.4 Å². The van der Waals surface area contributed by atoms with Crippen molar-refractivity contribution in [3.05, 3.63) is 103 Å². The van der Waals surface area contributed by atoms with Crippen LogP contribution in [-0.2, 0) is 18.9 Å². The summed E-state index contributed by atoms with van der Waals surface area (Å²) in [4.78, 5) is 56.2. The van der Waals surface area contributed by atoms with Crippen molar-refractivity contribution in [1.82, 2.24) is 18.9 Å². The summed E-state index contributed by atoms with van der Waals surface area (Å²) in [6, 6.07) is 10.5. The minimum Gasteiger partial charge on any atom is -0.496 e. The third-order valence-electron chi connectivity index (χ3n) is 9.07. The number of fused-ring (bicyclic) bond motifs is 2. The topological polar surface area (TPSA) is 136 Å². The van der Waals surface area contributed by atoms with Crippen LogP contribution in [-0.4, -0.2) is 50.3 Å². The average molecular weight is 630 g/mol. The molecule has 2 aliphatic heterocycles. The number of anilines is 1. The molecule has 0 bridgehead atoms. The summed E-state index contributed by atoms with van der Waals surface area (Å²) in [5.74, 6) is -2.12. The number of benzene rings is 2. The molecular formula is C32H28ClN5O7. The number of ketones is 2. The smallest absolute Gasteiger partial charge is 0.332 e. The third kappa shape index (κ3) is 3.75. The van der Waals surface area contributed by atoms with Gasteiger partial charge in [0, 0.05) is 55.7 Å². The van der Waals surface area contributed by atoms with E-state index in [4.69, 9.17) is 25.8 Å². The van der Waals surface area contributed by atoms with E-state index in [0.29, 0.717) is 11.3 Å². The lowest BCUT2D eigenvalue weighted by Crippen LogP contribution is -2.58. The summed E-state index contributed by atoms with van der Waals surface area (Å²) < 4.78 is 21.3. The summed E-state index contributed by atoms with van der Waals surface area (Å²) in [7, 11) is 5.78. The maximum Gasteiger partial charge on any atom is 0.332 e. The number of carbonyl (C=O) groups is 2. The molecule has 12 nitrogen and oxygen atoms in total. The van der Waals surface area contributed by atoms with E-state index in [-0.39, 0.29) is 51.2 Å². The largest absolute Gasteiger partial charge is 0.496 e. The zero-order valence-electron chi connectivity index (χ0n) is 25.0. The Hall–Kier alpha value is -5.10. The highest BCUT2D eigenvalue weighted by molar-refractivity contribution is 6.36. The van der Waals surface area contributed by atoms with Gasteiger partial charge < -0.3 is 19.5 Å². The van der Waals surface area contributed by atoms with Gasteiger partial charge in [-0.05, 0) is 30.2 Å². The molecule has 1 N–H and O–H groups in total. The Bertz CT molecular complexity index is 2100. The van der Waals surface area contributed by atoms with E-state index in [1.165, 1.54) is 31.9 Å². The molecule has 0 amide bonds. The van der Waals surface area contributed by atoms with Crippen molar-refractivity contribution >= 4 is 29.0 Å². The van der Waals surface area contributed by atoms with Crippen molar-refractivity contribution in [2.24, 2.45) is 20.0 Å². The van der Waals surface area contributed by atoms with Crippen LogP contribution < -0.4 is 30.8 Å². The molecule has 13 heteroatoms. The number of rotatable bonds is 4. The quantitative estimate of drug-likeness (QED) is 0.337. The first-order valence-electron chi connectivity index (χ1n) is 14.2. The third-order valence-corrected chi connectivity index (χ3v) is 9.43. The Kier molecular flexibility index (Phi) is 6.34. The SMILES string of the molecule is COc1cc(OC)c2c(c1Cl)O[C@@]1(C(=O)C3=C(C[C@H]1C)Nc1c(c(=O)n(C)c(=O)n1C)[C@@H]3c1ccc(-n3cccn3)cc1)C2=O. The zero-order valence-corrected chi connectivity index (χ0v) is 25.8. The van der Waals surface area contributed by atoms with Crippen molar-refractivity contribution in [3.8, 4) is 22.9 Å². The fraction of sp³-hybridized carbons (Fsp3) is 0.281. The fourth-order valence-electron chi connectivity index (χ4n) is 6.76. The maximum absolute atomic E-state index is 15.0. The van der Waals surface area contributed by atoms with Crippen LogP contribution in [0, 0.1) is 5.92 Å². The van der Waals surface area contributed by atoms with Gasteiger partial charge in [0.05, 0.1) is 25.5 Å². The normalized spacial score (nSPS) is 21.6. The van der Waals surface area contributed by atoms with Crippen LogP contribution in [0.4, 0.5) is 5.82 Å². The molecule has 0 saturated carbocycles. The number of aromatic nitrogens is 4. The second kappa shape index (κ2) is 9.96.